The van der Waals surface area contributed by atoms with Crippen molar-refractivity contribution in [2.45, 2.75) is 6.42 Å². The van der Waals surface area contributed by atoms with Gasteiger partial charge in [-0.15, -0.1) is 0 Å². The number of halogens is 1. The van der Waals surface area contributed by atoms with Crippen LogP contribution in [0.2, 0.25) is 0 Å². The molecule has 2 N–H and O–H groups in total. The van der Waals surface area contributed by atoms with Crippen molar-refractivity contribution in [2.75, 3.05) is 11.2 Å². The van der Waals surface area contributed by atoms with Crippen molar-refractivity contribution >= 4 is 31.7 Å². The first kappa shape index (κ1) is 17.0. The Morgan fingerprint density at radius 3 is 2.38 bits per heavy atom. The molecular weight excluding hydrogens is 365 g/mol. The molecule has 0 aliphatic heterocycles. The van der Waals surface area contributed by atoms with Gasteiger partial charge in [0.1, 0.15) is 5.88 Å². The summed E-state index contributed by atoms with van der Waals surface area (Å²) in [7, 11) is -4.01. The maximum Gasteiger partial charge on any atom is 1.00 e. The zero-order valence-electron chi connectivity index (χ0n) is 11.4. The summed E-state index contributed by atoms with van der Waals surface area (Å²) in [6.45, 7) is 0. The third kappa shape index (κ3) is 3.88. The predicted molar refractivity (Wildman–Crippen MR) is 82.4 cm³/mol. The molecular formula is C14H12BrNNaO3S+. The van der Waals surface area contributed by atoms with Crippen molar-refractivity contribution in [3.05, 3.63) is 52.0 Å². The number of anilines is 1. The number of hydrogen-bond acceptors (Lipinski definition) is 3. The van der Waals surface area contributed by atoms with Crippen LogP contribution >= 0.6 is 15.9 Å². The van der Waals surface area contributed by atoms with Gasteiger partial charge >= 0.3 is 29.6 Å². The van der Waals surface area contributed by atoms with E-state index >= 15 is 0 Å². The molecule has 0 saturated heterocycles. The summed E-state index contributed by atoms with van der Waals surface area (Å²) in [4.78, 5) is 0. The SMILES string of the molecule is O=S(=O)(O)CNc1ccc2c(c1)Cc1cc(Br)ccc1-2.[Na+]. The van der Waals surface area contributed by atoms with Crippen molar-refractivity contribution in [3.8, 4) is 11.1 Å². The molecule has 4 nitrogen and oxygen atoms in total. The minimum Gasteiger partial charge on any atom is -0.370 e. The summed E-state index contributed by atoms with van der Waals surface area (Å²) in [6.07, 6.45) is 0.825. The van der Waals surface area contributed by atoms with Crippen LogP contribution in [0.3, 0.4) is 0 Å². The Bertz CT molecular complexity index is 793. The molecule has 2 aromatic rings. The van der Waals surface area contributed by atoms with Gasteiger partial charge in [0, 0.05) is 10.2 Å². The largest absolute Gasteiger partial charge is 1.00 e. The van der Waals surface area contributed by atoms with Crippen LogP contribution in [-0.2, 0) is 16.5 Å². The normalized spacial score (nSPS) is 12.3. The minimum atomic E-state index is -4.01. The average Bonchev–Trinajstić information content (AvgIpc) is 2.71. The molecule has 0 aromatic heterocycles. The van der Waals surface area contributed by atoms with E-state index < -0.39 is 16.0 Å². The molecule has 3 rings (SSSR count). The summed E-state index contributed by atoms with van der Waals surface area (Å²) in [5, 5.41) is 2.71. The van der Waals surface area contributed by atoms with Crippen molar-refractivity contribution in [1.82, 2.24) is 0 Å². The van der Waals surface area contributed by atoms with Crippen LogP contribution in [0.1, 0.15) is 11.1 Å². The van der Waals surface area contributed by atoms with Crippen LogP contribution in [0.25, 0.3) is 11.1 Å². The molecule has 0 saturated carbocycles. The van der Waals surface area contributed by atoms with E-state index in [0.717, 1.165) is 16.5 Å². The molecule has 7 heteroatoms. The van der Waals surface area contributed by atoms with Crippen LogP contribution in [-0.4, -0.2) is 18.8 Å². The zero-order chi connectivity index (χ0) is 14.3. The van der Waals surface area contributed by atoms with Gasteiger partial charge < -0.3 is 5.32 Å². The van der Waals surface area contributed by atoms with E-state index in [9.17, 15) is 8.42 Å². The van der Waals surface area contributed by atoms with Crippen molar-refractivity contribution in [2.24, 2.45) is 0 Å². The summed E-state index contributed by atoms with van der Waals surface area (Å²) in [6, 6.07) is 11.9. The molecule has 0 heterocycles. The van der Waals surface area contributed by atoms with Gasteiger partial charge in [0.25, 0.3) is 10.1 Å². The smallest absolute Gasteiger partial charge is 0.370 e. The first-order valence-electron chi connectivity index (χ1n) is 6.03. The molecule has 1 aliphatic carbocycles. The summed E-state index contributed by atoms with van der Waals surface area (Å²) < 4.78 is 31.3. The summed E-state index contributed by atoms with van der Waals surface area (Å²) in [5.41, 5.74) is 5.47. The van der Waals surface area contributed by atoms with Gasteiger partial charge in [-0.25, -0.2) is 0 Å². The van der Waals surface area contributed by atoms with Crippen molar-refractivity contribution in [1.29, 1.82) is 0 Å². The third-order valence-corrected chi connectivity index (χ3v) is 4.30. The molecule has 0 fully saturated rings. The number of fused-ring (bicyclic) bond motifs is 3. The van der Waals surface area contributed by atoms with Gasteiger partial charge in [-0.05, 0) is 52.9 Å². The number of hydrogen-bond donors (Lipinski definition) is 2. The number of benzene rings is 2. The van der Waals surface area contributed by atoms with Crippen molar-refractivity contribution < 1.29 is 42.5 Å². The predicted octanol–water partition coefficient (Wildman–Crippen LogP) is 0.281. The van der Waals surface area contributed by atoms with Crippen LogP contribution < -0.4 is 34.9 Å². The van der Waals surface area contributed by atoms with E-state index in [0.29, 0.717) is 5.69 Å². The van der Waals surface area contributed by atoms with Gasteiger partial charge in [-0.3, -0.25) is 4.55 Å². The second-order valence-electron chi connectivity index (χ2n) is 4.75. The summed E-state index contributed by atoms with van der Waals surface area (Å²) in [5.74, 6) is -0.482. The average molecular weight is 377 g/mol. The van der Waals surface area contributed by atoms with Crippen LogP contribution in [0, 0.1) is 0 Å². The van der Waals surface area contributed by atoms with Gasteiger partial charge in [0.2, 0.25) is 0 Å². The Morgan fingerprint density at radius 1 is 1.10 bits per heavy atom. The molecule has 0 amide bonds. The standard InChI is InChI=1S/C14H12BrNO3S.Na/c15-11-1-3-13-9(6-11)5-10-7-12(2-4-14(10)13)16-8-20(17,18)19;/h1-4,6-7,16H,5,8H2,(H,17,18,19);/q;+1. The van der Waals surface area contributed by atoms with Crippen LogP contribution in [0.5, 0.6) is 0 Å². The minimum absolute atomic E-state index is 0. The maximum absolute atomic E-state index is 10.7. The Kier molecular flexibility index (Phi) is 5.18. The van der Waals surface area contributed by atoms with E-state index in [2.05, 4.69) is 33.4 Å². The van der Waals surface area contributed by atoms with Gasteiger partial charge in [0.15, 0.2) is 0 Å². The van der Waals surface area contributed by atoms with Gasteiger partial charge in [-0.1, -0.05) is 28.1 Å². The molecule has 0 unspecified atom stereocenters. The maximum atomic E-state index is 10.7. The monoisotopic (exact) mass is 376 g/mol. The Hall–Kier alpha value is -0.370. The van der Waals surface area contributed by atoms with Gasteiger partial charge in [0.05, 0.1) is 0 Å². The fourth-order valence-electron chi connectivity index (χ4n) is 2.46. The van der Waals surface area contributed by atoms with Crippen molar-refractivity contribution in [3.63, 3.8) is 0 Å². The Balaban J connectivity index is 0.00000161. The van der Waals surface area contributed by atoms with E-state index in [1.54, 1.807) is 0 Å². The van der Waals surface area contributed by atoms with E-state index in [1.807, 2.05) is 24.3 Å². The second kappa shape index (κ2) is 6.40. The molecule has 0 radical (unpaired) electrons. The fourth-order valence-corrected chi connectivity index (χ4v) is 3.22. The Morgan fingerprint density at radius 2 is 1.71 bits per heavy atom. The first-order chi connectivity index (χ1) is 9.42. The van der Waals surface area contributed by atoms with Gasteiger partial charge in [-0.2, -0.15) is 8.42 Å². The molecule has 104 valence electrons. The molecule has 0 atom stereocenters. The molecule has 0 bridgehead atoms. The zero-order valence-corrected chi connectivity index (χ0v) is 15.8. The van der Waals surface area contributed by atoms with Crippen LogP contribution in [0.15, 0.2) is 40.9 Å². The second-order valence-corrected chi connectivity index (χ2v) is 7.12. The Labute approximate surface area is 154 Å². The van der Waals surface area contributed by atoms with E-state index in [4.69, 9.17) is 4.55 Å². The summed E-state index contributed by atoms with van der Waals surface area (Å²) >= 11 is 3.46. The molecule has 21 heavy (non-hydrogen) atoms. The number of rotatable bonds is 3. The first-order valence-corrected chi connectivity index (χ1v) is 8.43. The number of nitrogens with one attached hydrogen (secondary N) is 1. The van der Waals surface area contributed by atoms with E-state index in [-0.39, 0.29) is 29.6 Å². The quantitative estimate of drug-likeness (QED) is 0.509. The topological polar surface area (TPSA) is 66.4 Å². The third-order valence-electron chi connectivity index (χ3n) is 3.30. The fraction of sp³-hybridized carbons (Fsp3) is 0.143. The molecule has 0 spiro atoms. The molecule has 2 aromatic carbocycles. The van der Waals surface area contributed by atoms with Crippen LogP contribution in [0.4, 0.5) is 5.69 Å². The van der Waals surface area contributed by atoms with E-state index in [1.165, 1.54) is 16.7 Å². The molecule has 1 aliphatic rings.